The number of imidazole rings is 1. The van der Waals surface area contributed by atoms with Gasteiger partial charge in [0.05, 0.1) is 36.3 Å². The first kappa shape index (κ1) is 18.8. The minimum atomic E-state index is -0.309. The van der Waals surface area contributed by atoms with Crippen molar-refractivity contribution in [3.05, 3.63) is 46.9 Å². The molecule has 1 aliphatic heterocycles. The molecule has 0 amide bonds. The lowest BCUT2D eigenvalue weighted by Gasteiger charge is -2.22. The standard InChI is InChI=1S/C20H21ClN3OPS/c1-2-13-3-4-14(16(21)9-13)18-15(10-22)20(26-7-5-25-6-8-26)27-19(18)17-11-23-12-24-17/h3-4,9-12,22H,2,5-8H2,1H3,(H,23,24). The molecule has 4 rings (SSSR count). The number of aromatic amines is 1. The SMILES string of the molecule is CCc1ccc(-c2c(-c3cnc[nH]3)sc(P3CCOCC3)c2C=N)c(Cl)c1. The average molecular weight is 418 g/mol. The van der Waals surface area contributed by atoms with Gasteiger partial charge in [-0.1, -0.05) is 38.6 Å². The van der Waals surface area contributed by atoms with Crippen LogP contribution in [0.3, 0.4) is 0 Å². The summed E-state index contributed by atoms with van der Waals surface area (Å²) in [6.07, 6.45) is 8.11. The fourth-order valence-corrected chi connectivity index (χ4v) is 7.87. The fourth-order valence-electron chi connectivity index (χ4n) is 3.39. The number of aryl methyl sites for hydroxylation is 1. The lowest BCUT2D eigenvalue weighted by atomic mass is 9.99. The van der Waals surface area contributed by atoms with Crippen LogP contribution < -0.4 is 4.62 Å². The predicted octanol–water partition coefficient (Wildman–Crippen LogP) is 5.16. The Morgan fingerprint density at radius 1 is 1.37 bits per heavy atom. The summed E-state index contributed by atoms with van der Waals surface area (Å²) in [7, 11) is -0.309. The van der Waals surface area contributed by atoms with Gasteiger partial charge in [0, 0.05) is 32.5 Å². The summed E-state index contributed by atoms with van der Waals surface area (Å²) in [6.45, 7) is 3.74. The summed E-state index contributed by atoms with van der Waals surface area (Å²) in [5, 5.41) is 8.91. The summed E-state index contributed by atoms with van der Waals surface area (Å²) >= 11 is 8.47. The molecule has 4 nitrogen and oxygen atoms in total. The first-order valence-electron chi connectivity index (χ1n) is 9.00. The van der Waals surface area contributed by atoms with Gasteiger partial charge in [-0.25, -0.2) is 4.98 Å². The lowest BCUT2D eigenvalue weighted by molar-refractivity contribution is 0.159. The van der Waals surface area contributed by atoms with E-state index < -0.39 is 0 Å². The van der Waals surface area contributed by atoms with E-state index in [9.17, 15) is 0 Å². The number of benzene rings is 1. The molecular formula is C20H21ClN3OPS. The molecule has 1 fully saturated rings. The molecule has 0 unspecified atom stereocenters. The Hall–Kier alpha value is -1.52. The van der Waals surface area contributed by atoms with E-state index >= 15 is 0 Å². The van der Waals surface area contributed by atoms with E-state index in [-0.39, 0.29) is 7.92 Å². The second-order valence-corrected chi connectivity index (χ2v) is 10.6. The van der Waals surface area contributed by atoms with Crippen molar-refractivity contribution in [2.24, 2.45) is 0 Å². The highest BCUT2D eigenvalue weighted by atomic mass is 35.5. The van der Waals surface area contributed by atoms with Crippen LogP contribution in [0.2, 0.25) is 5.02 Å². The number of thiophene rings is 1. The van der Waals surface area contributed by atoms with Crippen LogP contribution >= 0.6 is 30.9 Å². The molecule has 3 aromatic rings. The Labute approximate surface area is 169 Å². The summed E-state index contributed by atoms with van der Waals surface area (Å²) in [5.41, 5.74) is 5.23. The third-order valence-corrected chi connectivity index (χ3v) is 9.48. The molecule has 3 heterocycles. The zero-order valence-electron chi connectivity index (χ0n) is 15.1. The van der Waals surface area contributed by atoms with Gasteiger partial charge in [0.2, 0.25) is 0 Å². The molecule has 0 atom stereocenters. The smallest absolute Gasteiger partial charge is 0.0924 e. The van der Waals surface area contributed by atoms with E-state index in [1.165, 1.54) is 16.4 Å². The number of H-pyrrole nitrogens is 1. The summed E-state index contributed by atoms with van der Waals surface area (Å²) < 4.78 is 6.88. The Bertz CT molecular complexity index is 949. The second kappa shape index (κ2) is 8.24. The van der Waals surface area contributed by atoms with Crippen molar-refractivity contribution in [1.82, 2.24) is 9.97 Å². The molecule has 0 spiro atoms. The topological polar surface area (TPSA) is 61.8 Å². The van der Waals surface area contributed by atoms with Crippen molar-refractivity contribution in [1.29, 1.82) is 5.41 Å². The van der Waals surface area contributed by atoms with Crippen LogP contribution in [-0.2, 0) is 11.2 Å². The number of rotatable bonds is 5. The third-order valence-electron chi connectivity index (χ3n) is 4.82. The van der Waals surface area contributed by atoms with Crippen LogP contribution in [0.4, 0.5) is 0 Å². The van der Waals surface area contributed by atoms with E-state index in [4.69, 9.17) is 21.7 Å². The highest BCUT2D eigenvalue weighted by Crippen LogP contribution is 2.48. The maximum absolute atomic E-state index is 8.17. The predicted molar refractivity (Wildman–Crippen MR) is 117 cm³/mol. The van der Waals surface area contributed by atoms with E-state index in [0.717, 1.165) is 64.2 Å². The van der Waals surface area contributed by atoms with Gasteiger partial charge in [0.25, 0.3) is 0 Å². The number of hydrogen-bond donors (Lipinski definition) is 2. The van der Waals surface area contributed by atoms with Crippen molar-refractivity contribution in [2.45, 2.75) is 13.3 Å². The summed E-state index contributed by atoms with van der Waals surface area (Å²) in [4.78, 5) is 8.56. The Morgan fingerprint density at radius 2 is 2.19 bits per heavy atom. The minimum absolute atomic E-state index is 0.309. The fraction of sp³-hybridized carbons (Fsp3) is 0.300. The lowest BCUT2D eigenvalue weighted by Crippen LogP contribution is -2.19. The number of aromatic nitrogens is 2. The average Bonchev–Trinajstić information content (AvgIpc) is 3.36. The molecule has 0 radical (unpaired) electrons. The number of halogens is 1. The quantitative estimate of drug-likeness (QED) is 0.445. The number of nitrogens with one attached hydrogen (secondary N) is 2. The first-order chi connectivity index (χ1) is 13.2. The van der Waals surface area contributed by atoms with Crippen LogP contribution in [0.25, 0.3) is 21.7 Å². The second-order valence-electron chi connectivity index (χ2n) is 6.40. The number of hydrogen-bond acceptors (Lipinski definition) is 4. The highest BCUT2D eigenvalue weighted by molar-refractivity contribution is 7.72. The van der Waals surface area contributed by atoms with Gasteiger partial charge in [-0.05, 0) is 30.4 Å². The Morgan fingerprint density at radius 3 is 2.81 bits per heavy atom. The molecular weight excluding hydrogens is 397 g/mol. The van der Waals surface area contributed by atoms with Crippen LogP contribution in [0, 0.1) is 5.41 Å². The van der Waals surface area contributed by atoms with Gasteiger partial charge in [0.15, 0.2) is 0 Å². The van der Waals surface area contributed by atoms with Crippen molar-refractivity contribution in [3.8, 4) is 21.7 Å². The summed E-state index contributed by atoms with van der Waals surface area (Å²) in [5.74, 6) is 0. The molecule has 0 bridgehead atoms. The van der Waals surface area contributed by atoms with Crippen molar-refractivity contribution in [2.75, 3.05) is 25.5 Å². The molecule has 1 saturated heterocycles. The van der Waals surface area contributed by atoms with E-state index in [1.807, 2.05) is 12.3 Å². The van der Waals surface area contributed by atoms with E-state index in [2.05, 4.69) is 29.0 Å². The molecule has 1 aromatic carbocycles. The van der Waals surface area contributed by atoms with E-state index in [1.54, 1.807) is 17.7 Å². The molecule has 7 heteroatoms. The van der Waals surface area contributed by atoms with Gasteiger partial charge in [-0.3, -0.25) is 0 Å². The first-order valence-corrected chi connectivity index (χ1v) is 11.9. The maximum Gasteiger partial charge on any atom is 0.0924 e. The Balaban J connectivity index is 1.93. The summed E-state index contributed by atoms with van der Waals surface area (Å²) in [6, 6.07) is 6.26. The van der Waals surface area contributed by atoms with Gasteiger partial charge in [-0.2, -0.15) is 0 Å². The van der Waals surface area contributed by atoms with Gasteiger partial charge in [-0.15, -0.1) is 11.3 Å². The molecule has 2 aromatic heterocycles. The molecule has 1 aliphatic rings. The molecule has 140 valence electrons. The zero-order valence-corrected chi connectivity index (χ0v) is 17.6. The minimum Gasteiger partial charge on any atom is -0.381 e. The largest absolute Gasteiger partial charge is 0.381 e. The van der Waals surface area contributed by atoms with Crippen LogP contribution in [0.5, 0.6) is 0 Å². The number of nitrogens with zero attached hydrogens (tertiary/aromatic N) is 1. The maximum atomic E-state index is 8.17. The van der Waals surface area contributed by atoms with Gasteiger partial charge in [0.1, 0.15) is 0 Å². The molecule has 0 saturated carbocycles. The highest BCUT2D eigenvalue weighted by Gasteiger charge is 2.27. The number of ether oxygens (including phenoxy) is 1. The van der Waals surface area contributed by atoms with Crippen LogP contribution in [0.1, 0.15) is 18.1 Å². The zero-order chi connectivity index (χ0) is 18.8. The molecule has 2 N–H and O–H groups in total. The normalized spacial score (nSPS) is 15.2. The molecule has 0 aliphatic carbocycles. The monoisotopic (exact) mass is 417 g/mol. The van der Waals surface area contributed by atoms with Crippen molar-refractivity contribution >= 4 is 41.7 Å². The van der Waals surface area contributed by atoms with Crippen LogP contribution in [0.15, 0.2) is 30.7 Å². The molecule has 27 heavy (non-hydrogen) atoms. The van der Waals surface area contributed by atoms with Gasteiger partial charge >= 0.3 is 0 Å². The Kier molecular flexibility index (Phi) is 5.74. The third kappa shape index (κ3) is 3.62. The van der Waals surface area contributed by atoms with Crippen molar-refractivity contribution < 1.29 is 4.74 Å². The van der Waals surface area contributed by atoms with E-state index in [0.29, 0.717) is 0 Å². The van der Waals surface area contributed by atoms with Gasteiger partial charge < -0.3 is 15.1 Å². The van der Waals surface area contributed by atoms with Crippen molar-refractivity contribution in [3.63, 3.8) is 0 Å². The van der Waals surface area contributed by atoms with Crippen LogP contribution in [-0.4, -0.2) is 41.7 Å².